The Morgan fingerprint density at radius 2 is 1.39 bits per heavy atom. The maximum absolute atomic E-state index is 12.4. The van der Waals surface area contributed by atoms with Crippen LogP contribution in [0.5, 0.6) is 5.75 Å². The number of amides is 2. The van der Waals surface area contributed by atoms with E-state index in [4.69, 9.17) is 62.7 Å². The SMILES string of the molecule is O=C(COc1ccc(C(=O)Nc2c(Cl)cc(Cl)cc2Cl)cc1)Nc1ccc(Cl)c(Cl)c1. The molecule has 3 aromatic carbocycles. The van der Waals surface area contributed by atoms with Crippen LogP contribution in [0, 0.1) is 0 Å². The predicted octanol–water partition coefficient (Wildman–Crippen LogP) is 7.22. The van der Waals surface area contributed by atoms with E-state index in [0.29, 0.717) is 32.1 Å². The van der Waals surface area contributed by atoms with Crippen molar-refractivity contribution >= 4 is 81.2 Å². The van der Waals surface area contributed by atoms with Gasteiger partial charge in [-0.1, -0.05) is 58.0 Å². The van der Waals surface area contributed by atoms with Gasteiger partial charge in [0.1, 0.15) is 5.75 Å². The van der Waals surface area contributed by atoms with Gasteiger partial charge in [-0.3, -0.25) is 9.59 Å². The lowest BCUT2D eigenvalue weighted by Gasteiger charge is -2.11. The van der Waals surface area contributed by atoms with Crippen molar-refractivity contribution < 1.29 is 14.3 Å². The number of ether oxygens (including phenoxy) is 1. The number of anilines is 2. The zero-order chi connectivity index (χ0) is 22.5. The minimum Gasteiger partial charge on any atom is -0.484 e. The average molecular weight is 519 g/mol. The molecule has 31 heavy (non-hydrogen) atoms. The van der Waals surface area contributed by atoms with E-state index in [9.17, 15) is 9.59 Å². The summed E-state index contributed by atoms with van der Waals surface area (Å²) in [6.07, 6.45) is 0. The zero-order valence-corrected chi connectivity index (χ0v) is 19.3. The van der Waals surface area contributed by atoms with Crippen LogP contribution >= 0.6 is 58.0 Å². The van der Waals surface area contributed by atoms with Crippen LogP contribution in [-0.2, 0) is 4.79 Å². The van der Waals surface area contributed by atoms with Crippen molar-refractivity contribution in [2.24, 2.45) is 0 Å². The zero-order valence-electron chi connectivity index (χ0n) is 15.5. The first-order chi connectivity index (χ1) is 14.7. The molecule has 0 aromatic heterocycles. The van der Waals surface area contributed by atoms with E-state index in [2.05, 4.69) is 10.6 Å². The Bertz CT molecular complexity index is 1110. The summed E-state index contributed by atoms with van der Waals surface area (Å²) in [5, 5.41) is 6.81. The second kappa shape index (κ2) is 10.4. The first-order valence-electron chi connectivity index (χ1n) is 8.66. The third kappa shape index (κ3) is 6.42. The molecule has 0 fully saturated rings. The molecule has 5 nitrogen and oxygen atoms in total. The molecule has 0 aliphatic rings. The van der Waals surface area contributed by atoms with E-state index in [1.165, 1.54) is 18.2 Å². The molecule has 0 saturated heterocycles. The fourth-order valence-electron chi connectivity index (χ4n) is 2.47. The number of hydrogen-bond donors (Lipinski definition) is 2. The monoisotopic (exact) mass is 516 g/mol. The number of carbonyl (C=O) groups is 2. The van der Waals surface area contributed by atoms with Gasteiger partial charge >= 0.3 is 0 Å². The van der Waals surface area contributed by atoms with Gasteiger partial charge in [0.05, 0.1) is 25.8 Å². The smallest absolute Gasteiger partial charge is 0.262 e. The molecule has 0 aliphatic heterocycles. The molecule has 3 rings (SSSR count). The van der Waals surface area contributed by atoms with Crippen molar-refractivity contribution in [3.05, 3.63) is 85.3 Å². The molecule has 0 radical (unpaired) electrons. The molecule has 10 heteroatoms. The summed E-state index contributed by atoms with van der Waals surface area (Å²) in [6.45, 7) is -0.234. The van der Waals surface area contributed by atoms with E-state index < -0.39 is 5.91 Å². The third-order valence-electron chi connectivity index (χ3n) is 3.94. The highest BCUT2D eigenvalue weighted by atomic mass is 35.5. The Labute approximate surface area is 203 Å². The van der Waals surface area contributed by atoms with Gasteiger partial charge in [-0.15, -0.1) is 0 Å². The van der Waals surface area contributed by atoms with Gasteiger partial charge in [0.15, 0.2) is 6.61 Å². The van der Waals surface area contributed by atoms with Crippen molar-refractivity contribution in [3.63, 3.8) is 0 Å². The van der Waals surface area contributed by atoms with Crippen LogP contribution in [0.1, 0.15) is 10.4 Å². The number of halogens is 5. The molecule has 0 atom stereocenters. The van der Waals surface area contributed by atoms with Crippen LogP contribution in [-0.4, -0.2) is 18.4 Å². The number of rotatable bonds is 6. The molecular weight excluding hydrogens is 506 g/mol. The van der Waals surface area contributed by atoms with Gasteiger partial charge in [0, 0.05) is 16.3 Å². The van der Waals surface area contributed by atoms with Gasteiger partial charge in [-0.2, -0.15) is 0 Å². The Hall–Kier alpha value is -2.15. The summed E-state index contributed by atoms with van der Waals surface area (Å²) in [4.78, 5) is 24.5. The Morgan fingerprint density at radius 1 is 0.742 bits per heavy atom. The Kier molecular flexibility index (Phi) is 7.92. The second-order valence-electron chi connectivity index (χ2n) is 6.19. The molecule has 0 saturated carbocycles. The van der Waals surface area contributed by atoms with E-state index in [-0.39, 0.29) is 28.2 Å². The van der Waals surface area contributed by atoms with Crippen LogP contribution in [0.25, 0.3) is 0 Å². The van der Waals surface area contributed by atoms with Crippen molar-refractivity contribution in [2.45, 2.75) is 0 Å². The van der Waals surface area contributed by atoms with E-state index in [1.54, 1.807) is 36.4 Å². The summed E-state index contributed by atoms with van der Waals surface area (Å²) in [5.41, 5.74) is 1.10. The molecule has 2 amide bonds. The maximum Gasteiger partial charge on any atom is 0.262 e. The molecule has 0 spiro atoms. The first-order valence-corrected chi connectivity index (χ1v) is 10.6. The lowest BCUT2D eigenvalue weighted by molar-refractivity contribution is -0.118. The van der Waals surface area contributed by atoms with Gasteiger partial charge in [0.2, 0.25) is 0 Å². The molecule has 160 valence electrons. The van der Waals surface area contributed by atoms with Crippen molar-refractivity contribution in [1.82, 2.24) is 0 Å². The fraction of sp³-hybridized carbons (Fsp3) is 0.0476. The lowest BCUT2D eigenvalue weighted by atomic mass is 10.2. The van der Waals surface area contributed by atoms with Gasteiger partial charge in [-0.05, 0) is 54.6 Å². The van der Waals surface area contributed by atoms with Gasteiger partial charge in [-0.25, -0.2) is 0 Å². The fourth-order valence-corrected chi connectivity index (χ4v) is 3.68. The molecule has 0 aliphatic carbocycles. The topological polar surface area (TPSA) is 67.4 Å². The van der Waals surface area contributed by atoms with E-state index in [1.807, 2.05) is 0 Å². The summed E-state index contributed by atoms with van der Waals surface area (Å²) in [5.74, 6) is -0.398. The van der Waals surface area contributed by atoms with E-state index in [0.717, 1.165) is 0 Å². The van der Waals surface area contributed by atoms with Crippen LogP contribution in [0.15, 0.2) is 54.6 Å². The van der Waals surface area contributed by atoms with Crippen LogP contribution in [0.2, 0.25) is 25.1 Å². The summed E-state index contributed by atoms with van der Waals surface area (Å²) in [6, 6.07) is 13.9. The Balaban J connectivity index is 1.56. The number of benzene rings is 3. The number of hydrogen-bond acceptors (Lipinski definition) is 3. The summed E-state index contributed by atoms with van der Waals surface area (Å²) >= 11 is 29.8. The largest absolute Gasteiger partial charge is 0.484 e. The quantitative estimate of drug-likeness (QED) is 0.362. The van der Waals surface area contributed by atoms with Gasteiger partial charge < -0.3 is 15.4 Å². The predicted molar refractivity (Wildman–Crippen MR) is 126 cm³/mol. The van der Waals surface area contributed by atoms with Crippen LogP contribution < -0.4 is 15.4 Å². The number of carbonyl (C=O) groups excluding carboxylic acids is 2. The third-order valence-corrected chi connectivity index (χ3v) is 5.49. The highest BCUT2D eigenvalue weighted by Crippen LogP contribution is 2.34. The molecule has 0 unspecified atom stereocenters. The first kappa shape index (κ1) is 23.5. The summed E-state index contributed by atoms with van der Waals surface area (Å²) in [7, 11) is 0. The van der Waals surface area contributed by atoms with Crippen LogP contribution in [0.3, 0.4) is 0 Å². The molecule has 3 aromatic rings. The average Bonchev–Trinajstić information content (AvgIpc) is 2.72. The second-order valence-corrected chi connectivity index (χ2v) is 8.25. The highest BCUT2D eigenvalue weighted by Gasteiger charge is 2.13. The normalized spacial score (nSPS) is 10.5. The molecule has 2 N–H and O–H groups in total. The maximum atomic E-state index is 12.4. The number of nitrogens with one attached hydrogen (secondary N) is 2. The summed E-state index contributed by atoms with van der Waals surface area (Å²) < 4.78 is 5.44. The molecular formula is C21H13Cl5N2O3. The Morgan fingerprint density at radius 3 is 2.00 bits per heavy atom. The minimum absolute atomic E-state index is 0.221. The molecule has 0 bridgehead atoms. The van der Waals surface area contributed by atoms with Crippen molar-refractivity contribution in [2.75, 3.05) is 17.2 Å². The van der Waals surface area contributed by atoms with Crippen LogP contribution in [0.4, 0.5) is 11.4 Å². The lowest BCUT2D eigenvalue weighted by Crippen LogP contribution is -2.20. The molecule has 0 heterocycles. The van der Waals surface area contributed by atoms with Crippen molar-refractivity contribution in [3.8, 4) is 5.75 Å². The standard InChI is InChI=1S/C21H13Cl5N2O3/c22-12-7-17(25)20(18(26)8-12)28-21(30)11-1-4-14(5-2-11)31-10-19(29)27-13-3-6-15(23)16(24)9-13/h1-9H,10H2,(H,27,29)(H,28,30). The highest BCUT2D eigenvalue weighted by molar-refractivity contribution is 6.43. The van der Waals surface area contributed by atoms with Crippen molar-refractivity contribution in [1.29, 1.82) is 0 Å². The van der Waals surface area contributed by atoms with Gasteiger partial charge in [0.25, 0.3) is 11.8 Å². The minimum atomic E-state index is -0.421. The van der Waals surface area contributed by atoms with E-state index >= 15 is 0 Å².